The molecule has 0 bridgehead atoms. The first-order chi connectivity index (χ1) is 13.9. The second kappa shape index (κ2) is 9.52. The molecule has 1 saturated heterocycles. The monoisotopic (exact) mass is 415 g/mol. The van der Waals surface area contributed by atoms with Gasteiger partial charge in [0.2, 0.25) is 10.0 Å². The molecule has 1 fully saturated rings. The fraction of sp³-hybridized carbons (Fsp3) is 0.409. The Bertz CT molecular complexity index is 939. The van der Waals surface area contributed by atoms with Gasteiger partial charge >= 0.3 is 0 Å². The number of benzene rings is 2. The third-order valence-electron chi connectivity index (χ3n) is 5.32. The lowest BCUT2D eigenvalue weighted by atomic mass is 10.0. The summed E-state index contributed by atoms with van der Waals surface area (Å²) in [7, 11) is -3.61. The van der Waals surface area contributed by atoms with Gasteiger partial charge in [-0.25, -0.2) is 13.1 Å². The lowest BCUT2D eigenvalue weighted by Crippen LogP contribution is -2.37. The van der Waals surface area contributed by atoms with Gasteiger partial charge in [-0.2, -0.15) is 0 Å². The number of carbonyl (C=O) groups excluding carboxylic acids is 1. The van der Waals surface area contributed by atoms with Crippen LogP contribution in [0.4, 0.5) is 0 Å². The van der Waals surface area contributed by atoms with E-state index in [9.17, 15) is 13.2 Å². The number of nitrogens with zero attached hydrogens (tertiary/aromatic N) is 1. The zero-order chi connectivity index (χ0) is 20.9. The highest BCUT2D eigenvalue weighted by Gasteiger charge is 2.24. The van der Waals surface area contributed by atoms with Crippen LogP contribution in [0.3, 0.4) is 0 Å². The Kier molecular flexibility index (Phi) is 7.05. The third kappa shape index (κ3) is 5.23. The summed E-state index contributed by atoms with van der Waals surface area (Å²) >= 11 is 0. The smallest absolute Gasteiger partial charge is 0.251 e. The summed E-state index contributed by atoms with van der Waals surface area (Å²) in [4.78, 5) is 15.4. The van der Waals surface area contributed by atoms with E-state index in [4.69, 9.17) is 0 Å². The molecule has 156 valence electrons. The average Bonchev–Trinajstić information content (AvgIpc) is 3.23. The molecule has 1 atom stereocenters. The van der Waals surface area contributed by atoms with Crippen LogP contribution in [0.25, 0.3) is 0 Å². The van der Waals surface area contributed by atoms with Crippen LogP contribution >= 0.6 is 0 Å². The Labute approximate surface area is 173 Å². The summed E-state index contributed by atoms with van der Waals surface area (Å²) in [5.41, 5.74) is 2.31. The Balaban J connectivity index is 1.78. The second-order valence-electron chi connectivity index (χ2n) is 7.36. The maximum Gasteiger partial charge on any atom is 0.251 e. The third-order valence-corrected chi connectivity index (χ3v) is 6.86. The van der Waals surface area contributed by atoms with E-state index in [0.29, 0.717) is 18.7 Å². The van der Waals surface area contributed by atoms with Crippen molar-refractivity contribution in [2.24, 2.45) is 0 Å². The molecule has 1 unspecified atom stereocenters. The van der Waals surface area contributed by atoms with Crippen molar-refractivity contribution in [1.29, 1.82) is 0 Å². The van der Waals surface area contributed by atoms with Gasteiger partial charge in [0, 0.05) is 18.7 Å². The number of rotatable bonds is 8. The van der Waals surface area contributed by atoms with Gasteiger partial charge in [0.1, 0.15) is 0 Å². The zero-order valence-electron chi connectivity index (χ0n) is 17.0. The van der Waals surface area contributed by atoms with Crippen LogP contribution in [-0.2, 0) is 10.0 Å². The van der Waals surface area contributed by atoms with Crippen LogP contribution < -0.4 is 10.0 Å². The van der Waals surface area contributed by atoms with Crippen molar-refractivity contribution < 1.29 is 13.2 Å². The minimum Gasteiger partial charge on any atom is -0.350 e. The molecule has 29 heavy (non-hydrogen) atoms. The van der Waals surface area contributed by atoms with E-state index in [0.717, 1.165) is 18.7 Å². The van der Waals surface area contributed by atoms with Crippen LogP contribution in [0.15, 0.2) is 53.4 Å². The highest BCUT2D eigenvalue weighted by atomic mass is 32.2. The molecular formula is C22H29N3O3S. The molecule has 0 radical (unpaired) electrons. The molecule has 6 nitrogen and oxygen atoms in total. The minimum absolute atomic E-state index is 0.106. The van der Waals surface area contributed by atoms with Crippen molar-refractivity contribution in [3.63, 3.8) is 0 Å². The summed E-state index contributed by atoms with van der Waals surface area (Å²) < 4.78 is 27.1. The minimum atomic E-state index is -3.61. The quantitative estimate of drug-likeness (QED) is 0.695. The molecule has 1 aliphatic heterocycles. The lowest BCUT2D eigenvalue weighted by molar-refractivity contribution is 0.0937. The number of nitrogens with one attached hydrogen (secondary N) is 2. The first-order valence-electron chi connectivity index (χ1n) is 10.1. The number of sulfonamides is 1. The van der Waals surface area contributed by atoms with E-state index in [1.54, 1.807) is 13.0 Å². The van der Waals surface area contributed by atoms with E-state index < -0.39 is 10.0 Å². The number of carbonyl (C=O) groups is 1. The normalized spacial score (nSPS) is 15.9. The molecule has 1 aliphatic rings. The highest BCUT2D eigenvalue weighted by Crippen LogP contribution is 2.24. The molecule has 2 aromatic rings. The molecule has 2 N–H and O–H groups in total. The highest BCUT2D eigenvalue weighted by molar-refractivity contribution is 7.89. The molecule has 1 amide bonds. The van der Waals surface area contributed by atoms with Gasteiger partial charge in [-0.1, -0.05) is 43.3 Å². The van der Waals surface area contributed by atoms with Crippen LogP contribution in [0.5, 0.6) is 0 Å². The van der Waals surface area contributed by atoms with Crippen LogP contribution in [0.1, 0.15) is 47.3 Å². The summed E-state index contributed by atoms with van der Waals surface area (Å²) in [5.74, 6) is -0.254. The number of likely N-dealkylation sites (tertiary alicyclic amines) is 1. The number of hydrogen-bond acceptors (Lipinski definition) is 4. The molecule has 0 aromatic heterocycles. The van der Waals surface area contributed by atoms with Crippen molar-refractivity contribution in [1.82, 2.24) is 14.9 Å². The Morgan fingerprint density at radius 2 is 1.79 bits per heavy atom. The molecule has 3 rings (SSSR count). The van der Waals surface area contributed by atoms with Gasteiger partial charge in [-0.15, -0.1) is 0 Å². The molecule has 0 aliphatic carbocycles. The van der Waals surface area contributed by atoms with Gasteiger partial charge in [0.15, 0.2) is 0 Å². The topological polar surface area (TPSA) is 78.5 Å². The van der Waals surface area contributed by atoms with Gasteiger partial charge < -0.3 is 5.32 Å². The summed E-state index contributed by atoms with van der Waals surface area (Å²) in [5, 5.41) is 3.03. The summed E-state index contributed by atoms with van der Waals surface area (Å²) in [6, 6.07) is 15.0. The Morgan fingerprint density at radius 3 is 2.45 bits per heavy atom. The van der Waals surface area contributed by atoms with E-state index in [-0.39, 0.29) is 16.8 Å². The molecule has 0 spiro atoms. The van der Waals surface area contributed by atoms with Gasteiger partial charge in [0.05, 0.1) is 10.9 Å². The summed E-state index contributed by atoms with van der Waals surface area (Å²) in [6.07, 6.45) is 2.33. The van der Waals surface area contributed by atoms with Gasteiger partial charge in [0.25, 0.3) is 5.91 Å². The van der Waals surface area contributed by atoms with Crippen LogP contribution in [-0.4, -0.2) is 45.4 Å². The van der Waals surface area contributed by atoms with Crippen LogP contribution in [0, 0.1) is 6.92 Å². The maximum atomic E-state index is 12.9. The van der Waals surface area contributed by atoms with E-state index >= 15 is 0 Å². The van der Waals surface area contributed by atoms with Crippen molar-refractivity contribution in [3.05, 3.63) is 65.2 Å². The molecule has 7 heteroatoms. The predicted octanol–water partition coefficient (Wildman–Crippen LogP) is 2.86. The Morgan fingerprint density at radius 1 is 1.10 bits per heavy atom. The first kappa shape index (κ1) is 21.5. The SMILES string of the molecule is CCNS(=O)(=O)c1ccc(C)c(C(=O)NCC(c2ccccc2)N2CCCC2)c1. The van der Waals surface area contributed by atoms with Gasteiger partial charge in [-0.3, -0.25) is 9.69 Å². The van der Waals surface area contributed by atoms with E-state index in [1.807, 2.05) is 25.1 Å². The Hall–Kier alpha value is -2.22. The largest absolute Gasteiger partial charge is 0.350 e. The van der Waals surface area contributed by atoms with Gasteiger partial charge in [-0.05, 0) is 56.1 Å². The van der Waals surface area contributed by atoms with E-state index in [1.165, 1.54) is 30.5 Å². The van der Waals surface area contributed by atoms with Crippen molar-refractivity contribution >= 4 is 15.9 Å². The molecule has 1 heterocycles. The average molecular weight is 416 g/mol. The fourth-order valence-electron chi connectivity index (χ4n) is 3.76. The predicted molar refractivity (Wildman–Crippen MR) is 114 cm³/mol. The number of aryl methyl sites for hydroxylation is 1. The first-order valence-corrected chi connectivity index (χ1v) is 11.6. The van der Waals surface area contributed by atoms with Crippen molar-refractivity contribution in [2.75, 3.05) is 26.2 Å². The molecular weight excluding hydrogens is 386 g/mol. The standard InChI is InChI=1S/C22H29N3O3S/c1-3-24-29(27,28)19-12-11-17(2)20(15-19)22(26)23-16-21(25-13-7-8-14-25)18-9-5-4-6-10-18/h4-6,9-12,15,21,24H,3,7-8,13-14,16H2,1-2H3,(H,23,26). The summed E-state index contributed by atoms with van der Waals surface area (Å²) in [6.45, 7) is 6.35. The van der Waals surface area contributed by atoms with Crippen LogP contribution in [0.2, 0.25) is 0 Å². The molecule has 0 saturated carbocycles. The number of hydrogen-bond donors (Lipinski definition) is 2. The van der Waals surface area contributed by atoms with Crippen molar-refractivity contribution in [2.45, 2.75) is 37.6 Å². The lowest BCUT2D eigenvalue weighted by Gasteiger charge is -2.28. The fourth-order valence-corrected chi connectivity index (χ4v) is 4.82. The van der Waals surface area contributed by atoms with E-state index in [2.05, 4.69) is 27.1 Å². The molecule has 2 aromatic carbocycles. The second-order valence-corrected chi connectivity index (χ2v) is 9.12. The zero-order valence-corrected chi connectivity index (χ0v) is 17.8. The van der Waals surface area contributed by atoms with Crippen molar-refractivity contribution in [3.8, 4) is 0 Å². The maximum absolute atomic E-state index is 12.9. The number of amides is 1.